The molecular formula is C26H32Cl2N2O3. The van der Waals surface area contributed by atoms with E-state index < -0.39 is 6.04 Å². The predicted molar refractivity (Wildman–Crippen MR) is 133 cm³/mol. The maximum atomic E-state index is 13.3. The van der Waals surface area contributed by atoms with E-state index in [1.165, 1.54) is 4.90 Å². The van der Waals surface area contributed by atoms with E-state index >= 15 is 0 Å². The molecule has 0 radical (unpaired) electrons. The number of hydrogen-bond acceptors (Lipinski definition) is 3. The molecule has 0 spiro atoms. The highest BCUT2D eigenvalue weighted by atomic mass is 35.5. The van der Waals surface area contributed by atoms with Crippen molar-refractivity contribution < 1.29 is 14.3 Å². The van der Waals surface area contributed by atoms with E-state index in [0.717, 1.165) is 42.4 Å². The van der Waals surface area contributed by atoms with Gasteiger partial charge >= 0.3 is 0 Å². The third-order valence-corrected chi connectivity index (χ3v) is 7.08. The first-order valence-electron chi connectivity index (χ1n) is 11.4. The van der Waals surface area contributed by atoms with Crippen LogP contribution in [0.15, 0.2) is 30.3 Å². The molecule has 1 aliphatic rings. The third-order valence-electron chi connectivity index (χ3n) is 6.37. The summed E-state index contributed by atoms with van der Waals surface area (Å²) in [5.41, 5.74) is 3.75. The predicted octanol–water partition coefficient (Wildman–Crippen LogP) is 5.77. The summed E-state index contributed by atoms with van der Waals surface area (Å²) in [6, 6.07) is 8.66. The molecule has 7 heteroatoms. The van der Waals surface area contributed by atoms with Gasteiger partial charge in [0.2, 0.25) is 5.91 Å². The van der Waals surface area contributed by atoms with Crippen LogP contribution >= 0.6 is 23.2 Å². The minimum Gasteiger partial charge on any atom is -0.483 e. The zero-order valence-corrected chi connectivity index (χ0v) is 21.2. The van der Waals surface area contributed by atoms with Crippen LogP contribution in [0.25, 0.3) is 0 Å². The number of nitrogens with zero attached hydrogens (tertiary/aromatic N) is 1. The molecule has 0 unspecified atom stereocenters. The van der Waals surface area contributed by atoms with Crippen molar-refractivity contribution in [2.24, 2.45) is 0 Å². The summed E-state index contributed by atoms with van der Waals surface area (Å²) in [4.78, 5) is 27.8. The van der Waals surface area contributed by atoms with Crippen LogP contribution in [0.2, 0.25) is 10.0 Å². The minimum absolute atomic E-state index is 0.117. The third kappa shape index (κ3) is 6.42. The lowest BCUT2D eigenvalue weighted by Crippen LogP contribution is -2.50. The second-order valence-electron chi connectivity index (χ2n) is 8.88. The van der Waals surface area contributed by atoms with Gasteiger partial charge < -0.3 is 15.0 Å². The molecule has 0 aliphatic heterocycles. The van der Waals surface area contributed by atoms with Gasteiger partial charge in [0.05, 0.1) is 0 Å². The van der Waals surface area contributed by atoms with Crippen molar-refractivity contribution in [2.45, 2.75) is 72.0 Å². The van der Waals surface area contributed by atoms with Crippen LogP contribution in [0.1, 0.15) is 54.9 Å². The number of ether oxygens (including phenoxy) is 1. The molecule has 1 fully saturated rings. The zero-order valence-electron chi connectivity index (χ0n) is 19.7. The Labute approximate surface area is 206 Å². The van der Waals surface area contributed by atoms with Gasteiger partial charge in [0, 0.05) is 28.2 Å². The molecule has 0 heterocycles. The lowest BCUT2D eigenvalue weighted by molar-refractivity contribution is -0.142. The average molecular weight is 491 g/mol. The normalized spacial score (nSPS) is 14.7. The van der Waals surface area contributed by atoms with Crippen LogP contribution in [-0.4, -0.2) is 35.4 Å². The molecule has 0 bridgehead atoms. The number of amides is 2. The van der Waals surface area contributed by atoms with Gasteiger partial charge in [0.15, 0.2) is 6.61 Å². The summed E-state index contributed by atoms with van der Waals surface area (Å²) < 4.78 is 5.91. The van der Waals surface area contributed by atoms with Gasteiger partial charge in [-0.15, -0.1) is 0 Å². The maximum absolute atomic E-state index is 13.3. The van der Waals surface area contributed by atoms with E-state index in [9.17, 15) is 9.59 Å². The van der Waals surface area contributed by atoms with Crippen molar-refractivity contribution in [3.05, 3.63) is 62.6 Å². The number of carbonyl (C=O) groups is 2. The molecule has 0 saturated heterocycles. The number of nitrogens with one attached hydrogen (secondary N) is 1. The van der Waals surface area contributed by atoms with Crippen LogP contribution in [-0.2, 0) is 16.1 Å². The Bertz CT molecular complexity index is 999. The molecule has 3 rings (SSSR count). The van der Waals surface area contributed by atoms with Crippen LogP contribution in [0, 0.1) is 20.8 Å². The first-order valence-corrected chi connectivity index (χ1v) is 12.2. The fraction of sp³-hybridized carbons (Fsp3) is 0.462. The summed E-state index contributed by atoms with van der Waals surface area (Å²) in [5.74, 6) is 0.180. The molecule has 2 aromatic carbocycles. The highest BCUT2D eigenvalue weighted by molar-refractivity contribution is 6.36. The molecule has 2 aromatic rings. The second-order valence-corrected chi connectivity index (χ2v) is 9.70. The fourth-order valence-electron chi connectivity index (χ4n) is 4.20. The summed E-state index contributed by atoms with van der Waals surface area (Å²) in [7, 11) is 0. The van der Waals surface area contributed by atoms with Gasteiger partial charge in [-0.2, -0.15) is 0 Å². The molecule has 2 amide bonds. The Hall–Kier alpha value is -2.24. The molecule has 1 aliphatic carbocycles. The first-order chi connectivity index (χ1) is 15.7. The van der Waals surface area contributed by atoms with Crippen LogP contribution in [0.3, 0.4) is 0 Å². The molecule has 1 N–H and O–H groups in total. The molecular weight excluding hydrogens is 459 g/mol. The van der Waals surface area contributed by atoms with E-state index in [1.54, 1.807) is 25.1 Å². The van der Waals surface area contributed by atoms with Gasteiger partial charge in [0.1, 0.15) is 11.8 Å². The van der Waals surface area contributed by atoms with Gasteiger partial charge in [0.25, 0.3) is 5.91 Å². The highest BCUT2D eigenvalue weighted by Gasteiger charge is 2.29. The van der Waals surface area contributed by atoms with E-state index in [-0.39, 0.29) is 31.0 Å². The molecule has 1 saturated carbocycles. The van der Waals surface area contributed by atoms with E-state index in [1.807, 2.05) is 26.8 Å². The van der Waals surface area contributed by atoms with Crippen LogP contribution < -0.4 is 10.1 Å². The smallest absolute Gasteiger partial charge is 0.261 e. The van der Waals surface area contributed by atoms with Gasteiger partial charge in [-0.25, -0.2) is 0 Å². The molecule has 33 heavy (non-hydrogen) atoms. The van der Waals surface area contributed by atoms with Gasteiger partial charge in [-0.1, -0.05) is 48.2 Å². The number of halogens is 2. The minimum atomic E-state index is -0.700. The molecule has 0 aromatic heterocycles. The quantitative estimate of drug-likeness (QED) is 0.510. The highest BCUT2D eigenvalue weighted by Crippen LogP contribution is 2.27. The Morgan fingerprint density at radius 1 is 1.12 bits per heavy atom. The van der Waals surface area contributed by atoms with E-state index in [2.05, 4.69) is 11.4 Å². The zero-order chi connectivity index (χ0) is 24.1. The van der Waals surface area contributed by atoms with Crippen LogP contribution in [0.5, 0.6) is 5.75 Å². The standard InChI is InChI=1S/C26H32Cl2N2O3/c1-16-12-17(2)18(3)24(13-16)33-15-25(31)30(14-21-22(27)10-7-11-23(21)28)19(4)26(32)29-20-8-5-6-9-20/h7,10-13,19-20H,5-6,8-9,14-15H2,1-4H3,(H,29,32)/t19-/m1/s1. The van der Waals surface area contributed by atoms with E-state index in [0.29, 0.717) is 21.4 Å². The number of carbonyl (C=O) groups excluding carboxylic acids is 2. The molecule has 5 nitrogen and oxygen atoms in total. The SMILES string of the molecule is Cc1cc(C)c(C)c(OCC(=O)N(Cc2c(Cl)cccc2Cl)[C@H](C)C(=O)NC2CCCC2)c1. The Kier molecular flexibility index (Phi) is 8.66. The van der Waals surface area contributed by atoms with Crippen LogP contribution in [0.4, 0.5) is 0 Å². The summed E-state index contributed by atoms with van der Waals surface area (Å²) in [6.07, 6.45) is 4.16. The summed E-state index contributed by atoms with van der Waals surface area (Å²) >= 11 is 12.7. The lowest BCUT2D eigenvalue weighted by atomic mass is 10.1. The van der Waals surface area contributed by atoms with Crippen molar-refractivity contribution in [2.75, 3.05) is 6.61 Å². The summed E-state index contributed by atoms with van der Waals surface area (Å²) in [6.45, 7) is 7.63. The number of benzene rings is 2. The van der Waals surface area contributed by atoms with Crippen molar-refractivity contribution in [1.82, 2.24) is 10.2 Å². The largest absolute Gasteiger partial charge is 0.483 e. The van der Waals surface area contributed by atoms with E-state index in [4.69, 9.17) is 27.9 Å². The first kappa shape index (κ1) is 25.4. The molecule has 1 atom stereocenters. The Morgan fingerprint density at radius 2 is 1.76 bits per heavy atom. The monoisotopic (exact) mass is 490 g/mol. The number of aryl methyl sites for hydroxylation is 2. The molecule has 178 valence electrons. The maximum Gasteiger partial charge on any atom is 0.261 e. The van der Waals surface area contributed by atoms with Crippen molar-refractivity contribution in [3.8, 4) is 5.75 Å². The summed E-state index contributed by atoms with van der Waals surface area (Å²) in [5, 5.41) is 3.99. The van der Waals surface area contributed by atoms with Crippen molar-refractivity contribution in [1.29, 1.82) is 0 Å². The number of hydrogen-bond donors (Lipinski definition) is 1. The second kappa shape index (κ2) is 11.3. The van der Waals surface area contributed by atoms with Gasteiger partial charge in [-0.05, 0) is 75.4 Å². The lowest BCUT2D eigenvalue weighted by Gasteiger charge is -2.30. The fourth-order valence-corrected chi connectivity index (χ4v) is 4.72. The number of rotatable bonds is 8. The van der Waals surface area contributed by atoms with Crippen molar-refractivity contribution in [3.63, 3.8) is 0 Å². The van der Waals surface area contributed by atoms with Crippen molar-refractivity contribution >= 4 is 35.0 Å². The Balaban J connectivity index is 1.80. The van der Waals surface area contributed by atoms with Gasteiger partial charge in [-0.3, -0.25) is 9.59 Å². The topological polar surface area (TPSA) is 58.6 Å². The Morgan fingerprint density at radius 3 is 2.39 bits per heavy atom. The average Bonchev–Trinajstić information content (AvgIpc) is 3.27.